The summed E-state index contributed by atoms with van der Waals surface area (Å²) in [5.41, 5.74) is 0. The summed E-state index contributed by atoms with van der Waals surface area (Å²) in [7, 11) is 4.49. The average molecular weight is 546 g/mol. The van der Waals surface area contributed by atoms with E-state index in [2.05, 4.69) is 0 Å². The number of ether oxygens (including phenoxy) is 3. The van der Waals surface area contributed by atoms with Gasteiger partial charge in [-0.3, -0.25) is 0 Å². The summed E-state index contributed by atoms with van der Waals surface area (Å²) in [6, 6.07) is 3.30. The molecule has 0 aliphatic rings. The van der Waals surface area contributed by atoms with Crippen molar-refractivity contribution >= 4 is 38.7 Å². The van der Waals surface area contributed by atoms with E-state index in [0.717, 1.165) is 0 Å². The van der Waals surface area contributed by atoms with Crippen LogP contribution in [0.5, 0.6) is 17.2 Å². The maximum atomic E-state index is 12.1. The molecule has 0 saturated carbocycles. The van der Waals surface area contributed by atoms with Crippen molar-refractivity contribution in [3.63, 3.8) is 0 Å². The Hall–Kier alpha value is -1.52. The third-order valence-corrected chi connectivity index (χ3v) is 10.9. The van der Waals surface area contributed by atoms with E-state index in [0.29, 0.717) is 20.4 Å². The van der Waals surface area contributed by atoms with Crippen LogP contribution >= 0.6 is 0 Å². The molecule has 0 bridgehead atoms. The van der Waals surface area contributed by atoms with Gasteiger partial charge < -0.3 is 0 Å². The van der Waals surface area contributed by atoms with Crippen molar-refractivity contribution in [3.8, 4) is 17.2 Å². The first kappa shape index (κ1) is 21.5. The molecule has 0 aliphatic carbocycles. The van der Waals surface area contributed by atoms with E-state index in [1.807, 2.05) is 0 Å². The van der Waals surface area contributed by atoms with Crippen molar-refractivity contribution in [3.05, 3.63) is 12.1 Å². The van der Waals surface area contributed by atoms with E-state index in [1.54, 1.807) is 39.8 Å². The topological polar surface area (TPSA) is 80.3 Å². The SMILES string of the molecule is COc1cc(OC)[c]([Tl]([O]C(=O)C(C)C)[O]C(=O)C(C)C)c(OC)c1. The minimum absolute atomic E-state index is 0.338. The number of hydrogen-bond donors (Lipinski definition) is 0. The maximum absolute atomic E-state index is 12.1. The molecule has 25 heavy (non-hydrogen) atoms. The molecule has 0 amide bonds. The molecule has 0 N–H and O–H groups in total. The Bertz CT molecular complexity index is 566. The molecule has 7 nitrogen and oxygen atoms in total. The first-order valence-electron chi connectivity index (χ1n) is 7.96. The van der Waals surface area contributed by atoms with Gasteiger partial charge in [-0.2, -0.15) is 0 Å². The van der Waals surface area contributed by atoms with Crippen LogP contribution in [0.25, 0.3) is 0 Å². The third kappa shape index (κ3) is 5.76. The van der Waals surface area contributed by atoms with Gasteiger partial charge in [-0.15, -0.1) is 0 Å². The molecular weight excluding hydrogens is 521 g/mol. The molecule has 0 aliphatic heterocycles. The van der Waals surface area contributed by atoms with Gasteiger partial charge in [0, 0.05) is 0 Å². The van der Waals surface area contributed by atoms with E-state index in [1.165, 1.54) is 21.3 Å². The fourth-order valence-corrected chi connectivity index (χ4v) is 10.1. The number of benzene rings is 1. The Balaban J connectivity index is 3.41. The van der Waals surface area contributed by atoms with Crippen LogP contribution in [0, 0.1) is 11.8 Å². The van der Waals surface area contributed by atoms with Crippen molar-refractivity contribution in [2.45, 2.75) is 27.7 Å². The fraction of sp³-hybridized carbons (Fsp3) is 0.529. The van der Waals surface area contributed by atoms with Gasteiger partial charge >= 0.3 is 158 Å². The van der Waals surface area contributed by atoms with Crippen LogP contribution in [0.4, 0.5) is 0 Å². The Kier molecular flexibility index (Phi) is 8.47. The van der Waals surface area contributed by atoms with E-state index in [9.17, 15) is 9.59 Å². The van der Waals surface area contributed by atoms with Crippen LogP contribution in [0.3, 0.4) is 0 Å². The summed E-state index contributed by atoms with van der Waals surface area (Å²) in [6.07, 6.45) is 0. The number of carbonyl (C=O) groups is 2. The molecule has 0 spiro atoms. The standard InChI is InChI=1S/C9H11O3.2C4H8O2.Tl/c1-10-7-4-8(11-2)6-9(5-7)12-3;2*1-3(2)4(5)6;/h4-5H,1-3H3;2*3H,1-2H3,(H,5,6);/q;;;+2/p-2. The number of rotatable bonds is 8. The predicted octanol–water partition coefficient (Wildman–Crippen LogP) is 1.81. The second-order valence-electron chi connectivity index (χ2n) is 5.96. The van der Waals surface area contributed by atoms with Gasteiger partial charge in [0.2, 0.25) is 0 Å². The quantitative estimate of drug-likeness (QED) is 0.461. The van der Waals surface area contributed by atoms with Crippen molar-refractivity contribution < 1.29 is 29.2 Å². The van der Waals surface area contributed by atoms with Gasteiger partial charge in [0.15, 0.2) is 0 Å². The Morgan fingerprint density at radius 2 is 1.20 bits per heavy atom. The Morgan fingerprint density at radius 3 is 1.48 bits per heavy atom. The number of carbonyl (C=O) groups excluding carboxylic acids is 2. The van der Waals surface area contributed by atoms with Crippen LogP contribution < -0.4 is 17.3 Å². The Morgan fingerprint density at radius 1 is 0.800 bits per heavy atom. The summed E-state index contributed by atoms with van der Waals surface area (Å²) in [5, 5.41) is 0. The van der Waals surface area contributed by atoms with Gasteiger partial charge in [0.25, 0.3) is 0 Å². The summed E-state index contributed by atoms with van der Waals surface area (Å²) < 4.78 is 27.8. The molecule has 0 fully saturated rings. The number of hydrogen-bond acceptors (Lipinski definition) is 7. The first-order chi connectivity index (χ1) is 11.7. The van der Waals surface area contributed by atoms with Gasteiger partial charge in [-0.1, -0.05) is 0 Å². The molecule has 0 atom stereocenters. The predicted molar refractivity (Wildman–Crippen MR) is 93.3 cm³/mol. The molecule has 1 rings (SSSR count). The zero-order chi connectivity index (χ0) is 19.1. The molecule has 0 unspecified atom stereocenters. The minimum atomic E-state index is -3.98. The van der Waals surface area contributed by atoms with Crippen molar-refractivity contribution in [1.29, 1.82) is 0 Å². The molecule has 0 heterocycles. The van der Waals surface area contributed by atoms with E-state index in [-0.39, 0.29) is 11.8 Å². The monoisotopic (exact) mass is 546 g/mol. The average Bonchev–Trinajstić information content (AvgIpc) is 2.59. The summed E-state index contributed by atoms with van der Waals surface area (Å²) >= 11 is -3.98. The zero-order valence-electron chi connectivity index (χ0n) is 15.7. The zero-order valence-corrected chi connectivity index (χ0v) is 20.2. The third-order valence-electron chi connectivity index (χ3n) is 3.38. The van der Waals surface area contributed by atoms with Crippen molar-refractivity contribution in [2.75, 3.05) is 21.3 Å². The second-order valence-corrected chi connectivity index (χ2v) is 12.6. The van der Waals surface area contributed by atoms with Crippen LogP contribution in [0.2, 0.25) is 0 Å². The van der Waals surface area contributed by atoms with Crippen molar-refractivity contribution in [1.82, 2.24) is 0 Å². The van der Waals surface area contributed by atoms with Gasteiger partial charge in [0.05, 0.1) is 0 Å². The van der Waals surface area contributed by atoms with E-state index >= 15 is 0 Å². The fourth-order valence-electron chi connectivity index (χ4n) is 1.89. The summed E-state index contributed by atoms with van der Waals surface area (Å²) in [5.74, 6) is -0.154. The Labute approximate surface area is 158 Å². The van der Waals surface area contributed by atoms with E-state index < -0.39 is 35.5 Å². The molecule has 0 radical (unpaired) electrons. The van der Waals surface area contributed by atoms with Crippen LogP contribution in [-0.4, -0.2) is 56.9 Å². The molecule has 138 valence electrons. The first-order valence-corrected chi connectivity index (χ1v) is 13.9. The molecule has 1 aromatic rings. The molecule has 8 heteroatoms. The summed E-state index contributed by atoms with van der Waals surface area (Å²) in [6.45, 7) is 6.89. The van der Waals surface area contributed by atoms with Gasteiger partial charge in [0.1, 0.15) is 0 Å². The summed E-state index contributed by atoms with van der Waals surface area (Å²) in [4.78, 5) is 24.3. The molecule has 0 aromatic heterocycles. The van der Waals surface area contributed by atoms with Crippen LogP contribution in [-0.2, 0) is 15.0 Å². The second kappa shape index (κ2) is 9.83. The van der Waals surface area contributed by atoms with Crippen LogP contribution in [0.15, 0.2) is 12.1 Å². The van der Waals surface area contributed by atoms with Gasteiger partial charge in [-0.25, -0.2) is 0 Å². The molecular formula is C17H25O7Tl. The number of methoxy groups -OCH3 is 3. The van der Waals surface area contributed by atoms with Gasteiger partial charge in [-0.05, 0) is 0 Å². The normalized spacial score (nSPS) is 10.4. The van der Waals surface area contributed by atoms with Crippen LogP contribution in [0.1, 0.15) is 27.7 Å². The van der Waals surface area contributed by atoms with E-state index in [4.69, 9.17) is 19.6 Å². The molecule has 0 saturated heterocycles. The van der Waals surface area contributed by atoms with Crippen molar-refractivity contribution in [2.24, 2.45) is 11.8 Å². The molecule has 1 aromatic carbocycles.